The van der Waals surface area contributed by atoms with Crippen LogP contribution in [0.2, 0.25) is 5.02 Å². The van der Waals surface area contributed by atoms with E-state index in [0.29, 0.717) is 22.2 Å². The molecule has 0 unspecified atom stereocenters. The molecule has 0 radical (unpaired) electrons. The van der Waals surface area contributed by atoms with Crippen molar-refractivity contribution in [2.24, 2.45) is 5.92 Å². The molecule has 0 atom stereocenters. The van der Waals surface area contributed by atoms with Crippen LogP contribution in [0.15, 0.2) is 40.7 Å². The first-order valence-electron chi connectivity index (χ1n) is 8.77. The van der Waals surface area contributed by atoms with Crippen LogP contribution >= 0.6 is 22.9 Å². The Morgan fingerprint density at radius 1 is 1.30 bits per heavy atom. The number of carbonyl (C=O) groups is 1. The Kier molecular flexibility index (Phi) is 6.34. The zero-order valence-corrected chi connectivity index (χ0v) is 17.3. The van der Waals surface area contributed by atoms with E-state index in [0.717, 1.165) is 31.9 Å². The molecule has 1 fully saturated rings. The second-order valence-electron chi connectivity index (χ2n) is 6.69. The van der Waals surface area contributed by atoms with Crippen LogP contribution in [-0.4, -0.2) is 25.6 Å². The Bertz CT molecular complexity index is 947. The number of halogens is 1. The molecule has 1 aliphatic carbocycles. The van der Waals surface area contributed by atoms with Crippen molar-refractivity contribution >= 4 is 49.4 Å². The molecule has 1 aliphatic rings. The van der Waals surface area contributed by atoms with Gasteiger partial charge in [0.05, 0.1) is 9.92 Å². The van der Waals surface area contributed by atoms with Crippen molar-refractivity contribution in [3.8, 4) is 0 Å². The highest BCUT2D eigenvalue weighted by Crippen LogP contribution is 2.31. The molecule has 2 aromatic rings. The van der Waals surface area contributed by atoms with Crippen LogP contribution in [0.4, 0.5) is 5.13 Å². The molecule has 1 heterocycles. The predicted octanol–water partition coefficient (Wildman–Crippen LogP) is 4.80. The number of allylic oxidation sites excluding steroid dienone is 1. The van der Waals surface area contributed by atoms with Crippen molar-refractivity contribution in [3.05, 3.63) is 46.4 Å². The van der Waals surface area contributed by atoms with E-state index in [2.05, 4.69) is 10.3 Å². The smallest absolute Gasteiger partial charge is 0.257 e. The van der Waals surface area contributed by atoms with Crippen molar-refractivity contribution in [3.63, 3.8) is 0 Å². The number of anilines is 1. The number of aromatic nitrogens is 1. The summed E-state index contributed by atoms with van der Waals surface area (Å²) in [6.45, 7) is 0. The zero-order valence-electron chi connectivity index (χ0n) is 14.9. The van der Waals surface area contributed by atoms with Crippen LogP contribution < -0.4 is 5.32 Å². The summed E-state index contributed by atoms with van der Waals surface area (Å²) in [5.41, 5.74) is 1.10. The highest BCUT2D eigenvalue weighted by atomic mass is 35.5. The number of amides is 1. The van der Waals surface area contributed by atoms with Crippen LogP contribution in [0.1, 0.15) is 37.7 Å². The van der Waals surface area contributed by atoms with Crippen LogP contribution in [0.3, 0.4) is 0 Å². The molecule has 1 saturated carbocycles. The van der Waals surface area contributed by atoms with Crippen molar-refractivity contribution < 1.29 is 13.2 Å². The molecule has 0 spiro atoms. The SMILES string of the molecule is CS(=O)(=O)c1ccc(/C(=C\C2CCCCC2)C(=O)Nc2nccs2)cc1Cl. The molecule has 0 bridgehead atoms. The topological polar surface area (TPSA) is 76.1 Å². The third kappa shape index (κ3) is 5.18. The summed E-state index contributed by atoms with van der Waals surface area (Å²) in [6.07, 6.45) is 10.3. The second kappa shape index (κ2) is 8.54. The van der Waals surface area contributed by atoms with Gasteiger partial charge in [0.1, 0.15) is 0 Å². The standard InChI is InChI=1S/C19H21ClN2O3S2/c1-27(24,25)17-8-7-14(12-16(17)20)15(11-13-5-3-2-4-6-13)18(23)22-19-21-9-10-26-19/h7-13H,2-6H2,1H3,(H,21,22,23)/b15-11+. The largest absolute Gasteiger partial charge is 0.298 e. The molecule has 1 aromatic carbocycles. The van der Waals surface area contributed by atoms with Gasteiger partial charge in [-0.2, -0.15) is 0 Å². The molecule has 8 heteroatoms. The van der Waals surface area contributed by atoms with Gasteiger partial charge in [-0.1, -0.05) is 43.0 Å². The van der Waals surface area contributed by atoms with Crippen LogP contribution in [0.25, 0.3) is 5.57 Å². The molecule has 1 aromatic heterocycles. The monoisotopic (exact) mass is 424 g/mol. The number of nitrogens with one attached hydrogen (secondary N) is 1. The van der Waals surface area contributed by atoms with Crippen molar-refractivity contribution in [1.82, 2.24) is 4.98 Å². The maximum Gasteiger partial charge on any atom is 0.257 e. The Morgan fingerprint density at radius 2 is 2.04 bits per heavy atom. The van der Waals surface area contributed by atoms with Gasteiger partial charge in [-0.3, -0.25) is 10.1 Å². The Balaban J connectivity index is 1.97. The third-order valence-electron chi connectivity index (χ3n) is 4.59. The number of benzene rings is 1. The van der Waals surface area contributed by atoms with Gasteiger partial charge in [0.15, 0.2) is 15.0 Å². The minimum absolute atomic E-state index is 0.0604. The summed E-state index contributed by atoms with van der Waals surface area (Å²) in [5, 5.41) is 5.24. The normalized spacial score (nSPS) is 16.3. The molecule has 1 amide bonds. The number of hydrogen-bond donors (Lipinski definition) is 1. The Hall–Kier alpha value is -1.70. The van der Waals surface area contributed by atoms with Crippen LogP contribution in [0.5, 0.6) is 0 Å². The molecule has 27 heavy (non-hydrogen) atoms. The molecular weight excluding hydrogens is 404 g/mol. The Morgan fingerprint density at radius 3 is 2.63 bits per heavy atom. The molecular formula is C19H21ClN2O3S2. The van der Waals surface area contributed by atoms with E-state index in [1.807, 2.05) is 6.08 Å². The van der Waals surface area contributed by atoms with E-state index in [1.165, 1.54) is 23.8 Å². The summed E-state index contributed by atoms with van der Waals surface area (Å²) < 4.78 is 23.6. The van der Waals surface area contributed by atoms with E-state index in [-0.39, 0.29) is 15.8 Å². The molecule has 0 aliphatic heterocycles. The number of rotatable bonds is 5. The van der Waals surface area contributed by atoms with Gasteiger partial charge in [0.2, 0.25) is 0 Å². The van der Waals surface area contributed by atoms with Gasteiger partial charge in [0.25, 0.3) is 5.91 Å². The quantitative estimate of drug-likeness (QED) is 0.699. The number of nitrogens with zero attached hydrogens (tertiary/aromatic N) is 1. The molecule has 3 rings (SSSR count). The van der Waals surface area contributed by atoms with Crippen LogP contribution in [-0.2, 0) is 14.6 Å². The lowest BCUT2D eigenvalue weighted by molar-refractivity contribution is -0.111. The average Bonchev–Trinajstić information content (AvgIpc) is 3.12. The van der Waals surface area contributed by atoms with Gasteiger partial charge >= 0.3 is 0 Å². The minimum Gasteiger partial charge on any atom is -0.298 e. The minimum atomic E-state index is -3.42. The van der Waals surface area contributed by atoms with Crippen molar-refractivity contribution in [2.75, 3.05) is 11.6 Å². The lowest BCUT2D eigenvalue weighted by Crippen LogP contribution is -2.15. The number of thiazole rings is 1. The molecule has 0 saturated heterocycles. The maximum absolute atomic E-state index is 12.9. The summed E-state index contributed by atoms with van der Waals surface area (Å²) in [7, 11) is -3.42. The highest BCUT2D eigenvalue weighted by Gasteiger charge is 2.20. The van der Waals surface area contributed by atoms with Crippen molar-refractivity contribution in [1.29, 1.82) is 0 Å². The predicted molar refractivity (Wildman–Crippen MR) is 110 cm³/mol. The zero-order chi connectivity index (χ0) is 19.4. The van der Waals surface area contributed by atoms with Crippen molar-refractivity contribution in [2.45, 2.75) is 37.0 Å². The maximum atomic E-state index is 12.9. The van der Waals surface area contributed by atoms with Gasteiger partial charge < -0.3 is 0 Å². The van der Waals surface area contributed by atoms with E-state index in [9.17, 15) is 13.2 Å². The lowest BCUT2D eigenvalue weighted by atomic mass is 9.86. The molecule has 144 valence electrons. The third-order valence-corrected chi connectivity index (χ3v) is 6.86. The fraction of sp³-hybridized carbons (Fsp3) is 0.368. The van der Waals surface area contributed by atoms with E-state index < -0.39 is 9.84 Å². The Labute approximate surface area is 168 Å². The summed E-state index contributed by atoms with van der Waals surface area (Å²) >= 11 is 7.54. The molecule has 1 N–H and O–H groups in total. The second-order valence-corrected chi connectivity index (χ2v) is 9.97. The fourth-order valence-electron chi connectivity index (χ4n) is 3.26. The van der Waals surface area contributed by atoms with Gasteiger partial charge in [-0.15, -0.1) is 11.3 Å². The summed E-state index contributed by atoms with van der Waals surface area (Å²) in [4.78, 5) is 17.1. The summed E-state index contributed by atoms with van der Waals surface area (Å²) in [6, 6.07) is 4.64. The fourth-order valence-corrected chi connectivity index (χ4v) is 5.11. The van der Waals surface area contributed by atoms with Gasteiger partial charge in [-0.25, -0.2) is 13.4 Å². The van der Waals surface area contributed by atoms with E-state index in [1.54, 1.807) is 23.7 Å². The summed E-state index contributed by atoms with van der Waals surface area (Å²) in [5.74, 6) is 0.0582. The number of hydrogen-bond acceptors (Lipinski definition) is 5. The van der Waals surface area contributed by atoms with Gasteiger partial charge in [0, 0.05) is 23.4 Å². The van der Waals surface area contributed by atoms with Crippen LogP contribution in [0, 0.1) is 5.92 Å². The number of sulfone groups is 1. The lowest BCUT2D eigenvalue weighted by Gasteiger charge is -2.20. The van der Waals surface area contributed by atoms with Gasteiger partial charge in [-0.05, 0) is 36.5 Å². The first-order chi connectivity index (χ1) is 12.8. The first-order valence-corrected chi connectivity index (χ1v) is 11.9. The number of carbonyl (C=O) groups excluding carboxylic acids is 1. The first kappa shape index (κ1) is 20.0. The van der Waals surface area contributed by atoms with E-state index in [4.69, 9.17) is 11.6 Å². The average molecular weight is 425 g/mol. The molecule has 5 nitrogen and oxygen atoms in total. The highest BCUT2D eigenvalue weighted by molar-refractivity contribution is 7.90. The van der Waals surface area contributed by atoms with E-state index >= 15 is 0 Å².